The van der Waals surface area contributed by atoms with E-state index in [-0.39, 0.29) is 28.7 Å². The van der Waals surface area contributed by atoms with Gasteiger partial charge in [0.1, 0.15) is 11.9 Å². The topological polar surface area (TPSA) is 77.5 Å². The molecule has 0 N–H and O–H groups in total. The Labute approximate surface area is 131 Å². The maximum Gasteiger partial charge on any atom is 0.269 e. The van der Waals surface area contributed by atoms with Gasteiger partial charge in [-0.15, -0.1) is 0 Å². The summed E-state index contributed by atoms with van der Waals surface area (Å²) in [5.74, 6) is -0.0809. The third-order valence-corrected chi connectivity index (χ3v) is 7.70. The highest BCUT2D eigenvalue weighted by atomic mass is 32.2. The molecule has 124 valence electrons. The lowest BCUT2D eigenvalue weighted by molar-refractivity contribution is -0.128. The Kier molecular flexibility index (Phi) is 3.76. The first kappa shape index (κ1) is 16.1. The van der Waals surface area contributed by atoms with Crippen molar-refractivity contribution in [1.82, 2.24) is 0 Å². The number of fused-ring (bicyclic) bond motifs is 2. The van der Waals surface area contributed by atoms with E-state index in [1.165, 1.54) is 0 Å². The number of carbonyl (C=O) groups is 2. The molecule has 22 heavy (non-hydrogen) atoms. The number of rotatable bonds is 4. The second-order valence-corrected chi connectivity index (χ2v) is 9.26. The number of carbonyl (C=O) groups excluding carboxylic acids is 2. The molecule has 0 saturated heterocycles. The quantitative estimate of drug-likeness (QED) is 0.740. The lowest BCUT2D eigenvalue weighted by Crippen LogP contribution is -2.44. The van der Waals surface area contributed by atoms with Crippen molar-refractivity contribution in [3.8, 4) is 0 Å². The predicted octanol–water partition coefficient (Wildman–Crippen LogP) is 2.24. The molecular formula is C16H24O5S. The van der Waals surface area contributed by atoms with Gasteiger partial charge in [0.15, 0.2) is 5.78 Å². The molecule has 0 aromatic heterocycles. The molecule has 3 saturated carbocycles. The zero-order valence-electron chi connectivity index (χ0n) is 13.3. The molecule has 3 rings (SSSR count). The average molecular weight is 328 g/mol. The summed E-state index contributed by atoms with van der Waals surface area (Å²) in [6, 6.07) is 0. The normalized spacial score (nSPS) is 37.7. The van der Waals surface area contributed by atoms with E-state index in [9.17, 15) is 18.0 Å². The minimum atomic E-state index is -3.89. The van der Waals surface area contributed by atoms with Gasteiger partial charge < -0.3 is 0 Å². The fraction of sp³-hybridized carbons (Fsp3) is 0.875. The van der Waals surface area contributed by atoms with Gasteiger partial charge in [-0.05, 0) is 43.4 Å². The number of hydrogen-bond donors (Lipinski definition) is 0. The maximum absolute atomic E-state index is 12.5. The number of Topliss-reactive ketones (excluding diaryl/α,β-unsaturated/α-hetero) is 2. The van der Waals surface area contributed by atoms with Crippen LogP contribution in [0.4, 0.5) is 0 Å². The average Bonchev–Trinajstić information content (AvgIpc) is 2.74. The summed E-state index contributed by atoms with van der Waals surface area (Å²) >= 11 is 0. The van der Waals surface area contributed by atoms with Crippen molar-refractivity contribution in [2.45, 2.75) is 64.9 Å². The van der Waals surface area contributed by atoms with Crippen molar-refractivity contribution in [2.75, 3.05) is 5.75 Å². The van der Waals surface area contributed by atoms with Crippen LogP contribution in [0.1, 0.15) is 58.8 Å². The van der Waals surface area contributed by atoms with Gasteiger partial charge in [-0.1, -0.05) is 13.8 Å². The molecule has 0 amide bonds. The van der Waals surface area contributed by atoms with E-state index < -0.39 is 21.6 Å². The summed E-state index contributed by atoms with van der Waals surface area (Å²) < 4.78 is 30.2. The van der Waals surface area contributed by atoms with Crippen molar-refractivity contribution in [3.63, 3.8) is 0 Å². The molecule has 3 fully saturated rings. The third-order valence-electron chi connectivity index (χ3n) is 6.32. The zero-order valence-corrected chi connectivity index (χ0v) is 14.1. The number of hydrogen-bond acceptors (Lipinski definition) is 5. The van der Waals surface area contributed by atoms with E-state index in [0.717, 1.165) is 19.3 Å². The molecule has 3 aliphatic carbocycles. The van der Waals surface area contributed by atoms with Gasteiger partial charge in [-0.3, -0.25) is 13.8 Å². The maximum atomic E-state index is 12.5. The van der Waals surface area contributed by atoms with E-state index in [1.807, 2.05) is 13.8 Å². The Hall–Kier alpha value is -0.750. The summed E-state index contributed by atoms with van der Waals surface area (Å²) in [5.41, 5.74) is -1.13. The summed E-state index contributed by atoms with van der Waals surface area (Å²) in [5, 5.41) is 0. The van der Waals surface area contributed by atoms with Crippen LogP contribution in [0.5, 0.6) is 0 Å². The van der Waals surface area contributed by atoms with Crippen LogP contribution in [0.2, 0.25) is 0 Å². The molecule has 3 atom stereocenters. The van der Waals surface area contributed by atoms with Crippen LogP contribution in [0.25, 0.3) is 0 Å². The van der Waals surface area contributed by atoms with Crippen LogP contribution in [0.15, 0.2) is 0 Å². The van der Waals surface area contributed by atoms with Crippen LogP contribution in [0, 0.1) is 16.7 Å². The van der Waals surface area contributed by atoms with Crippen LogP contribution in [0.3, 0.4) is 0 Å². The lowest BCUT2D eigenvalue weighted by Gasteiger charge is -2.36. The SMILES string of the molecule is CC1(C)C2CCC1(CS(=O)(=O)OC1CCCCC1=O)C(=O)C2. The highest BCUT2D eigenvalue weighted by Crippen LogP contribution is 2.64. The summed E-state index contributed by atoms with van der Waals surface area (Å²) in [4.78, 5) is 24.2. The molecule has 0 heterocycles. The van der Waals surface area contributed by atoms with Crippen LogP contribution in [-0.4, -0.2) is 31.8 Å². The van der Waals surface area contributed by atoms with E-state index in [4.69, 9.17) is 4.18 Å². The van der Waals surface area contributed by atoms with E-state index >= 15 is 0 Å². The fourth-order valence-electron chi connectivity index (χ4n) is 4.67. The smallest absolute Gasteiger partial charge is 0.269 e. The van der Waals surface area contributed by atoms with Crippen LogP contribution >= 0.6 is 0 Å². The molecule has 0 radical (unpaired) electrons. The summed E-state index contributed by atoms with van der Waals surface area (Å²) in [6.07, 6.45) is 3.61. The van der Waals surface area contributed by atoms with Gasteiger partial charge >= 0.3 is 0 Å². The first-order chi connectivity index (χ1) is 10.2. The highest BCUT2D eigenvalue weighted by molar-refractivity contribution is 7.86. The molecule has 5 nitrogen and oxygen atoms in total. The molecule has 0 spiro atoms. The zero-order chi connectivity index (χ0) is 16.2. The Bertz CT molecular complexity index is 606. The Morgan fingerprint density at radius 1 is 1.18 bits per heavy atom. The van der Waals surface area contributed by atoms with Gasteiger partial charge in [0.05, 0.1) is 11.2 Å². The van der Waals surface area contributed by atoms with Crippen molar-refractivity contribution in [3.05, 3.63) is 0 Å². The van der Waals surface area contributed by atoms with Gasteiger partial charge in [-0.25, -0.2) is 0 Å². The minimum Gasteiger partial charge on any atom is -0.299 e. The van der Waals surface area contributed by atoms with Gasteiger partial charge in [-0.2, -0.15) is 8.42 Å². The number of ketones is 2. The largest absolute Gasteiger partial charge is 0.299 e. The Morgan fingerprint density at radius 2 is 1.91 bits per heavy atom. The first-order valence-corrected chi connectivity index (χ1v) is 9.73. The van der Waals surface area contributed by atoms with Crippen molar-refractivity contribution in [2.24, 2.45) is 16.7 Å². The molecule has 3 unspecified atom stereocenters. The fourth-order valence-corrected chi connectivity index (χ4v) is 6.58. The Morgan fingerprint density at radius 3 is 2.45 bits per heavy atom. The van der Waals surface area contributed by atoms with E-state index in [2.05, 4.69) is 0 Å². The molecule has 0 aromatic carbocycles. The molecular weight excluding hydrogens is 304 g/mol. The molecule has 0 aliphatic heterocycles. The van der Waals surface area contributed by atoms with Gasteiger partial charge in [0.25, 0.3) is 10.1 Å². The second-order valence-electron chi connectivity index (χ2n) is 7.67. The predicted molar refractivity (Wildman–Crippen MR) is 80.7 cm³/mol. The van der Waals surface area contributed by atoms with Gasteiger partial charge in [0, 0.05) is 12.8 Å². The minimum absolute atomic E-state index is 0.0518. The molecule has 6 heteroatoms. The van der Waals surface area contributed by atoms with Crippen molar-refractivity contribution in [1.29, 1.82) is 0 Å². The van der Waals surface area contributed by atoms with E-state index in [0.29, 0.717) is 25.7 Å². The monoisotopic (exact) mass is 328 g/mol. The molecule has 0 aromatic rings. The second kappa shape index (κ2) is 5.13. The third kappa shape index (κ3) is 2.35. The van der Waals surface area contributed by atoms with Crippen LogP contribution < -0.4 is 0 Å². The summed E-state index contributed by atoms with van der Waals surface area (Å²) in [6.45, 7) is 3.99. The molecule has 2 bridgehead atoms. The highest BCUT2D eigenvalue weighted by Gasteiger charge is 2.65. The first-order valence-electron chi connectivity index (χ1n) is 8.15. The molecule has 3 aliphatic rings. The Balaban J connectivity index is 1.79. The standard InChI is InChI=1S/C16H24O5S/c1-15(2)11-7-8-16(15,14(18)9-11)10-22(19,20)21-13-6-4-3-5-12(13)17/h11,13H,3-10H2,1-2H3. The van der Waals surface area contributed by atoms with E-state index in [1.54, 1.807) is 0 Å². The van der Waals surface area contributed by atoms with Crippen molar-refractivity contribution < 1.29 is 22.2 Å². The van der Waals surface area contributed by atoms with Crippen molar-refractivity contribution >= 4 is 21.7 Å². The van der Waals surface area contributed by atoms with Gasteiger partial charge in [0.2, 0.25) is 0 Å². The lowest BCUT2D eigenvalue weighted by atomic mass is 9.70. The summed E-state index contributed by atoms with van der Waals surface area (Å²) in [7, 11) is -3.89. The van der Waals surface area contributed by atoms with Crippen LogP contribution in [-0.2, 0) is 23.9 Å².